The molecule has 0 spiro atoms. The van der Waals surface area contributed by atoms with Gasteiger partial charge in [-0.3, -0.25) is 0 Å². The predicted molar refractivity (Wildman–Crippen MR) is 111 cm³/mol. The summed E-state index contributed by atoms with van der Waals surface area (Å²) in [6.07, 6.45) is 14.5. The first-order valence-electron chi connectivity index (χ1n) is 10.9. The van der Waals surface area contributed by atoms with Crippen LogP contribution in [-0.4, -0.2) is 12.7 Å². The van der Waals surface area contributed by atoms with Crippen LogP contribution in [0.5, 0.6) is 0 Å². The Bertz CT molecular complexity index is 513. The van der Waals surface area contributed by atoms with E-state index in [0.717, 1.165) is 31.2 Å². The average molecular weight is 383 g/mol. The van der Waals surface area contributed by atoms with Gasteiger partial charge in [0.2, 0.25) is 0 Å². The van der Waals surface area contributed by atoms with Crippen molar-refractivity contribution in [3.05, 3.63) is 35.4 Å². The van der Waals surface area contributed by atoms with Crippen LogP contribution in [0.25, 0.3) is 0 Å². The molecule has 0 heterocycles. The summed E-state index contributed by atoms with van der Waals surface area (Å²) in [7, 11) is 1.82. The van der Waals surface area contributed by atoms with E-state index in [1.807, 2.05) is 7.11 Å². The number of ether oxygens (including phenoxy) is 1. The standard InChI is InChI=1S/C24H40F2O/c1-5-6-7-8-9-12-15-21(24(2,3)27-4)16-13-10-11-14-20-17-18-22(25)23(26)19-20/h17-19,21H,5-16H2,1-4H3. The highest BCUT2D eigenvalue weighted by Crippen LogP contribution is 2.31. The van der Waals surface area contributed by atoms with Crippen molar-refractivity contribution in [3.8, 4) is 0 Å². The van der Waals surface area contributed by atoms with E-state index in [1.54, 1.807) is 6.07 Å². The number of hydrogen-bond donors (Lipinski definition) is 0. The van der Waals surface area contributed by atoms with E-state index in [9.17, 15) is 8.78 Å². The van der Waals surface area contributed by atoms with Gasteiger partial charge in [-0.2, -0.15) is 0 Å². The SMILES string of the molecule is CCCCCCCCC(CCCCCc1ccc(F)c(F)c1)C(C)(C)OC. The van der Waals surface area contributed by atoms with E-state index in [1.165, 1.54) is 63.5 Å². The molecule has 0 aliphatic heterocycles. The quantitative estimate of drug-likeness (QED) is 0.280. The summed E-state index contributed by atoms with van der Waals surface area (Å²) in [6, 6.07) is 4.24. The van der Waals surface area contributed by atoms with E-state index in [4.69, 9.17) is 4.74 Å². The molecule has 0 aliphatic rings. The first-order valence-corrected chi connectivity index (χ1v) is 10.9. The molecular formula is C24H40F2O. The molecule has 0 amide bonds. The first-order chi connectivity index (χ1) is 12.9. The third-order valence-corrected chi connectivity index (χ3v) is 5.92. The van der Waals surface area contributed by atoms with Crippen LogP contribution in [-0.2, 0) is 11.2 Å². The highest BCUT2D eigenvalue weighted by molar-refractivity contribution is 5.17. The van der Waals surface area contributed by atoms with Crippen LogP contribution in [0.15, 0.2) is 18.2 Å². The van der Waals surface area contributed by atoms with Crippen molar-refractivity contribution in [2.24, 2.45) is 5.92 Å². The number of methoxy groups -OCH3 is 1. The van der Waals surface area contributed by atoms with Gasteiger partial charge in [-0.25, -0.2) is 8.78 Å². The Labute approximate surface area is 165 Å². The smallest absolute Gasteiger partial charge is 0.159 e. The summed E-state index contributed by atoms with van der Waals surface area (Å²) in [5.74, 6) is -0.927. The fourth-order valence-corrected chi connectivity index (χ4v) is 3.77. The molecule has 156 valence electrons. The maximum absolute atomic E-state index is 13.3. The maximum atomic E-state index is 13.3. The lowest BCUT2D eigenvalue weighted by atomic mass is 9.82. The van der Waals surface area contributed by atoms with Crippen molar-refractivity contribution in [2.45, 2.75) is 103 Å². The number of hydrogen-bond acceptors (Lipinski definition) is 1. The highest BCUT2D eigenvalue weighted by atomic mass is 19.2. The molecule has 0 fully saturated rings. The van der Waals surface area contributed by atoms with E-state index in [2.05, 4.69) is 20.8 Å². The molecule has 0 aliphatic carbocycles. The summed E-state index contributed by atoms with van der Waals surface area (Å²) < 4.78 is 32.0. The molecule has 0 N–H and O–H groups in total. The molecule has 1 nitrogen and oxygen atoms in total. The van der Waals surface area contributed by atoms with Crippen LogP contribution in [0.4, 0.5) is 8.78 Å². The molecule has 0 radical (unpaired) electrons. The second-order valence-electron chi connectivity index (χ2n) is 8.41. The highest BCUT2D eigenvalue weighted by Gasteiger charge is 2.28. The Morgan fingerprint density at radius 3 is 2.04 bits per heavy atom. The van der Waals surface area contributed by atoms with Gasteiger partial charge in [0.05, 0.1) is 5.60 Å². The molecule has 0 bridgehead atoms. The van der Waals surface area contributed by atoms with Crippen LogP contribution in [0.2, 0.25) is 0 Å². The van der Waals surface area contributed by atoms with Gasteiger partial charge in [0.1, 0.15) is 0 Å². The molecule has 1 atom stereocenters. The second-order valence-corrected chi connectivity index (χ2v) is 8.41. The second kappa shape index (κ2) is 13.3. The van der Waals surface area contributed by atoms with Gasteiger partial charge >= 0.3 is 0 Å². The van der Waals surface area contributed by atoms with Crippen LogP contribution in [0.1, 0.15) is 97.0 Å². The molecule has 0 aromatic heterocycles. The lowest BCUT2D eigenvalue weighted by molar-refractivity contribution is -0.0352. The predicted octanol–water partition coefficient (Wildman–Crippen LogP) is 7.86. The zero-order valence-electron chi connectivity index (χ0n) is 18.0. The number of halogens is 2. The van der Waals surface area contributed by atoms with Gasteiger partial charge in [0, 0.05) is 7.11 Å². The van der Waals surface area contributed by atoms with E-state index < -0.39 is 11.6 Å². The van der Waals surface area contributed by atoms with Crippen molar-refractivity contribution >= 4 is 0 Å². The minimum absolute atomic E-state index is 0.0799. The number of aryl methyl sites for hydroxylation is 1. The molecular weight excluding hydrogens is 342 g/mol. The third-order valence-electron chi connectivity index (χ3n) is 5.92. The van der Waals surface area contributed by atoms with E-state index >= 15 is 0 Å². The molecule has 1 aromatic carbocycles. The minimum Gasteiger partial charge on any atom is -0.379 e. The summed E-state index contributed by atoms with van der Waals surface area (Å²) in [5, 5.41) is 0. The van der Waals surface area contributed by atoms with Crippen molar-refractivity contribution in [2.75, 3.05) is 7.11 Å². The lowest BCUT2D eigenvalue weighted by Crippen LogP contribution is -2.33. The van der Waals surface area contributed by atoms with Crippen LogP contribution in [0.3, 0.4) is 0 Å². The third kappa shape index (κ3) is 9.69. The molecule has 1 unspecified atom stereocenters. The van der Waals surface area contributed by atoms with Gasteiger partial charge in [-0.15, -0.1) is 0 Å². The fraction of sp³-hybridized carbons (Fsp3) is 0.750. The van der Waals surface area contributed by atoms with Crippen molar-refractivity contribution < 1.29 is 13.5 Å². The van der Waals surface area contributed by atoms with E-state index in [0.29, 0.717) is 5.92 Å². The van der Waals surface area contributed by atoms with Crippen molar-refractivity contribution in [1.29, 1.82) is 0 Å². The van der Waals surface area contributed by atoms with E-state index in [-0.39, 0.29) is 5.60 Å². The van der Waals surface area contributed by atoms with Gasteiger partial charge in [0.25, 0.3) is 0 Å². The number of rotatable bonds is 15. The van der Waals surface area contributed by atoms with Crippen LogP contribution in [0, 0.1) is 17.6 Å². The zero-order valence-corrected chi connectivity index (χ0v) is 18.0. The Balaban J connectivity index is 2.30. The fourth-order valence-electron chi connectivity index (χ4n) is 3.77. The summed E-state index contributed by atoms with van der Waals surface area (Å²) in [5.41, 5.74) is 0.804. The zero-order chi connectivity index (χ0) is 20.1. The molecule has 1 aromatic rings. The first kappa shape index (κ1) is 24.1. The van der Waals surface area contributed by atoms with Gasteiger partial charge in [0.15, 0.2) is 11.6 Å². The van der Waals surface area contributed by atoms with Crippen LogP contribution < -0.4 is 0 Å². The summed E-state index contributed by atoms with van der Waals surface area (Å²) in [4.78, 5) is 0. The van der Waals surface area contributed by atoms with Crippen molar-refractivity contribution in [3.63, 3.8) is 0 Å². The topological polar surface area (TPSA) is 9.23 Å². The molecule has 3 heteroatoms. The maximum Gasteiger partial charge on any atom is 0.159 e. The lowest BCUT2D eigenvalue weighted by Gasteiger charge is -2.33. The summed E-state index contributed by atoms with van der Waals surface area (Å²) >= 11 is 0. The Kier molecular flexibility index (Phi) is 11.8. The largest absolute Gasteiger partial charge is 0.379 e. The van der Waals surface area contributed by atoms with Crippen molar-refractivity contribution in [1.82, 2.24) is 0 Å². The Morgan fingerprint density at radius 1 is 0.852 bits per heavy atom. The molecule has 1 rings (SSSR count). The normalized spacial score (nSPS) is 13.1. The summed E-state index contributed by atoms with van der Waals surface area (Å²) in [6.45, 7) is 6.66. The van der Waals surface area contributed by atoms with Gasteiger partial charge in [-0.1, -0.05) is 64.4 Å². The number of benzene rings is 1. The minimum atomic E-state index is -0.766. The Morgan fingerprint density at radius 2 is 1.44 bits per heavy atom. The Hall–Kier alpha value is -0.960. The number of unbranched alkanes of at least 4 members (excludes halogenated alkanes) is 7. The average Bonchev–Trinajstić information content (AvgIpc) is 2.65. The monoisotopic (exact) mass is 382 g/mol. The van der Waals surface area contributed by atoms with Crippen LogP contribution >= 0.6 is 0 Å². The molecule has 0 saturated carbocycles. The molecule has 0 saturated heterocycles. The van der Waals surface area contributed by atoms with Gasteiger partial charge < -0.3 is 4.74 Å². The van der Waals surface area contributed by atoms with Gasteiger partial charge in [-0.05, 0) is 63.1 Å². The molecule has 27 heavy (non-hydrogen) atoms.